The van der Waals surface area contributed by atoms with Gasteiger partial charge in [-0.1, -0.05) is 55.8 Å². The molecule has 0 unspecified atom stereocenters. The van der Waals surface area contributed by atoms with E-state index >= 15 is 0 Å². The van der Waals surface area contributed by atoms with Crippen molar-refractivity contribution < 1.29 is 0 Å². The molecule has 20 heavy (non-hydrogen) atoms. The summed E-state index contributed by atoms with van der Waals surface area (Å²) in [7, 11) is 0. The quantitative estimate of drug-likeness (QED) is 0.823. The van der Waals surface area contributed by atoms with E-state index in [1.165, 1.54) is 22.3 Å². The van der Waals surface area contributed by atoms with E-state index in [1.807, 2.05) is 0 Å². The summed E-state index contributed by atoms with van der Waals surface area (Å²) >= 11 is 6.41. The summed E-state index contributed by atoms with van der Waals surface area (Å²) in [5, 5.41) is 4.23. The Hall–Kier alpha value is -1.31. The number of hydrogen-bond donors (Lipinski definition) is 1. The Balaban J connectivity index is 2.31. The van der Waals surface area contributed by atoms with Crippen molar-refractivity contribution >= 4 is 11.6 Å². The fraction of sp³-hybridized carbons (Fsp3) is 0.333. The first-order valence-corrected chi connectivity index (χ1v) is 7.45. The maximum Gasteiger partial charge on any atom is 0.0457 e. The number of nitrogens with one attached hydrogen (secondary N) is 1. The van der Waals surface area contributed by atoms with Crippen molar-refractivity contribution in [3.05, 3.63) is 58.1 Å². The van der Waals surface area contributed by atoms with Crippen LogP contribution in [0.3, 0.4) is 0 Å². The highest BCUT2D eigenvalue weighted by Gasteiger charge is 2.07. The van der Waals surface area contributed by atoms with Crippen LogP contribution in [-0.4, -0.2) is 6.04 Å². The van der Waals surface area contributed by atoms with E-state index in [0.29, 0.717) is 6.04 Å². The predicted molar refractivity (Wildman–Crippen MR) is 88.3 cm³/mol. The molecule has 0 spiro atoms. The number of hydrogen-bond acceptors (Lipinski definition) is 1. The van der Waals surface area contributed by atoms with Crippen LogP contribution in [0.25, 0.3) is 11.1 Å². The van der Waals surface area contributed by atoms with Crippen molar-refractivity contribution in [1.82, 2.24) is 5.32 Å². The van der Waals surface area contributed by atoms with Gasteiger partial charge in [0.05, 0.1) is 0 Å². The van der Waals surface area contributed by atoms with E-state index in [1.54, 1.807) is 0 Å². The topological polar surface area (TPSA) is 12.0 Å². The molecule has 2 aromatic carbocycles. The van der Waals surface area contributed by atoms with Crippen molar-refractivity contribution in [2.24, 2.45) is 0 Å². The lowest BCUT2D eigenvalue weighted by Crippen LogP contribution is -2.21. The number of aryl methyl sites for hydroxylation is 1. The van der Waals surface area contributed by atoms with Crippen molar-refractivity contribution in [2.75, 3.05) is 0 Å². The van der Waals surface area contributed by atoms with Gasteiger partial charge in [-0.25, -0.2) is 0 Å². The molecule has 1 nitrogen and oxygen atoms in total. The van der Waals surface area contributed by atoms with E-state index in [0.717, 1.165) is 17.1 Å². The van der Waals surface area contributed by atoms with Crippen molar-refractivity contribution in [3.8, 4) is 11.1 Å². The summed E-state index contributed by atoms with van der Waals surface area (Å²) in [6.45, 7) is 9.38. The SMILES string of the molecule is Cc1cccc(-c2ccc(CNC(C)C)c(Cl)c2)c1C. The van der Waals surface area contributed by atoms with Crippen LogP contribution in [-0.2, 0) is 6.54 Å². The Labute approximate surface area is 127 Å². The molecule has 2 rings (SSSR count). The first-order valence-electron chi connectivity index (χ1n) is 7.07. The molecule has 0 aliphatic heterocycles. The first kappa shape index (κ1) is 15.1. The van der Waals surface area contributed by atoms with Gasteiger partial charge < -0.3 is 5.32 Å². The fourth-order valence-electron chi connectivity index (χ4n) is 2.24. The van der Waals surface area contributed by atoms with E-state index in [-0.39, 0.29) is 0 Å². The molecule has 0 saturated heterocycles. The second-order valence-corrected chi connectivity index (χ2v) is 6.00. The summed E-state index contributed by atoms with van der Waals surface area (Å²) in [5.74, 6) is 0. The highest BCUT2D eigenvalue weighted by molar-refractivity contribution is 6.31. The third-order valence-corrected chi connectivity index (χ3v) is 4.02. The molecular formula is C18H22ClN. The molecular weight excluding hydrogens is 266 g/mol. The maximum absolute atomic E-state index is 6.41. The van der Waals surface area contributed by atoms with Crippen LogP contribution in [0.4, 0.5) is 0 Å². The molecule has 1 N–H and O–H groups in total. The van der Waals surface area contributed by atoms with Gasteiger partial charge in [-0.15, -0.1) is 0 Å². The van der Waals surface area contributed by atoms with Gasteiger partial charge in [-0.2, -0.15) is 0 Å². The zero-order chi connectivity index (χ0) is 14.7. The number of rotatable bonds is 4. The fourth-order valence-corrected chi connectivity index (χ4v) is 2.48. The van der Waals surface area contributed by atoms with Gasteiger partial charge in [0.15, 0.2) is 0 Å². The first-order chi connectivity index (χ1) is 9.49. The normalized spacial score (nSPS) is 11.1. The Kier molecular flexibility index (Phi) is 4.85. The van der Waals surface area contributed by atoms with Gasteiger partial charge in [0.1, 0.15) is 0 Å². The summed E-state index contributed by atoms with van der Waals surface area (Å²) in [6, 6.07) is 13.2. The van der Waals surface area contributed by atoms with E-state index in [9.17, 15) is 0 Å². The van der Waals surface area contributed by atoms with Crippen LogP contribution in [0, 0.1) is 13.8 Å². The maximum atomic E-state index is 6.41. The van der Waals surface area contributed by atoms with Gasteiger partial charge >= 0.3 is 0 Å². The summed E-state index contributed by atoms with van der Waals surface area (Å²) in [4.78, 5) is 0. The van der Waals surface area contributed by atoms with Crippen LogP contribution in [0.2, 0.25) is 5.02 Å². The molecule has 0 heterocycles. The van der Waals surface area contributed by atoms with E-state index in [2.05, 4.69) is 69.4 Å². The van der Waals surface area contributed by atoms with Crippen LogP contribution in [0.5, 0.6) is 0 Å². The minimum absolute atomic E-state index is 0.463. The lowest BCUT2D eigenvalue weighted by Gasteiger charge is -2.13. The van der Waals surface area contributed by atoms with Gasteiger partial charge in [-0.3, -0.25) is 0 Å². The van der Waals surface area contributed by atoms with Gasteiger partial charge in [0.2, 0.25) is 0 Å². The average Bonchev–Trinajstić information content (AvgIpc) is 2.40. The summed E-state index contributed by atoms with van der Waals surface area (Å²) in [6.07, 6.45) is 0. The Morgan fingerprint density at radius 3 is 2.50 bits per heavy atom. The number of benzene rings is 2. The predicted octanol–water partition coefficient (Wildman–Crippen LogP) is 5.12. The standard InChI is InChI=1S/C18H22ClN/c1-12(2)20-11-16-9-8-15(10-18(16)19)17-7-5-6-13(3)14(17)4/h5-10,12,20H,11H2,1-4H3. The second kappa shape index (κ2) is 6.43. The second-order valence-electron chi connectivity index (χ2n) is 5.59. The van der Waals surface area contributed by atoms with Crippen LogP contribution >= 0.6 is 11.6 Å². The highest BCUT2D eigenvalue weighted by atomic mass is 35.5. The van der Waals surface area contributed by atoms with E-state index in [4.69, 9.17) is 11.6 Å². The van der Waals surface area contributed by atoms with E-state index < -0.39 is 0 Å². The van der Waals surface area contributed by atoms with Crippen molar-refractivity contribution in [3.63, 3.8) is 0 Å². The largest absolute Gasteiger partial charge is 0.310 e. The highest BCUT2D eigenvalue weighted by Crippen LogP contribution is 2.29. The molecule has 106 valence electrons. The Morgan fingerprint density at radius 1 is 1.10 bits per heavy atom. The molecule has 0 amide bonds. The third kappa shape index (κ3) is 3.41. The molecule has 0 aromatic heterocycles. The Bertz CT molecular complexity index is 602. The van der Waals surface area contributed by atoms with Gasteiger partial charge in [-0.05, 0) is 47.7 Å². The zero-order valence-corrected chi connectivity index (χ0v) is 13.4. The third-order valence-electron chi connectivity index (χ3n) is 3.67. The van der Waals surface area contributed by atoms with Crippen molar-refractivity contribution in [1.29, 1.82) is 0 Å². The molecule has 0 atom stereocenters. The molecule has 0 fully saturated rings. The average molecular weight is 288 g/mol. The summed E-state index contributed by atoms with van der Waals surface area (Å²) in [5.41, 5.74) is 6.22. The lowest BCUT2D eigenvalue weighted by atomic mass is 9.96. The molecule has 0 aliphatic rings. The zero-order valence-electron chi connectivity index (χ0n) is 12.6. The monoisotopic (exact) mass is 287 g/mol. The van der Waals surface area contributed by atoms with Crippen LogP contribution in [0.1, 0.15) is 30.5 Å². The Morgan fingerprint density at radius 2 is 1.85 bits per heavy atom. The van der Waals surface area contributed by atoms with Crippen LogP contribution < -0.4 is 5.32 Å². The minimum Gasteiger partial charge on any atom is -0.310 e. The minimum atomic E-state index is 0.463. The smallest absolute Gasteiger partial charge is 0.0457 e. The molecule has 0 bridgehead atoms. The molecule has 0 radical (unpaired) electrons. The van der Waals surface area contributed by atoms with Crippen LogP contribution in [0.15, 0.2) is 36.4 Å². The molecule has 2 aromatic rings. The van der Waals surface area contributed by atoms with Crippen molar-refractivity contribution in [2.45, 2.75) is 40.3 Å². The van der Waals surface area contributed by atoms with Gasteiger partial charge in [0, 0.05) is 17.6 Å². The molecule has 2 heteroatoms. The molecule has 0 saturated carbocycles. The molecule has 0 aliphatic carbocycles. The van der Waals surface area contributed by atoms with Gasteiger partial charge in [0.25, 0.3) is 0 Å². The summed E-state index contributed by atoms with van der Waals surface area (Å²) < 4.78 is 0. The lowest BCUT2D eigenvalue weighted by molar-refractivity contribution is 0.589. The number of halogens is 1.